The summed E-state index contributed by atoms with van der Waals surface area (Å²) >= 11 is 0. The predicted molar refractivity (Wildman–Crippen MR) is 107 cm³/mol. The van der Waals surface area contributed by atoms with Crippen molar-refractivity contribution >= 4 is 17.6 Å². The molecular formula is C19H31N7O2. The minimum absolute atomic E-state index is 0.395. The molecule has 2 atom stereocenters. The summed E-state index contributed by atoms with van der Waals surface area (Å²) in [7, 11) is 0. The van der Waals surface area contributed by atoms with Gasteiger partial charge in [0.15, 0.2) is 0 Å². The molecule has 2 saturated heterocycles. The molecule has 9 nitrogen and oxygen atoms in total. The Hall–Kier alpha value is -1.55. The Morgan fingerprint density at radius 1 is 1.00 bits per heavy atom. The zero-order chi connectivity index (χ0) is 18.8. The van der Waals surface area contributed by atoms with Crippen LogP contribution in [-0.2, 0) is 16.0 Å². The number of nitrogens with zero attached hydrogens (tertiary/aromatic N) is 6. The van der Waals surface area contributed by atoms with Crippen molar-refractivity contribution in [3.05, 3.63) is 0 Å². The average molecular weight is 390 g/mol. The standard InChI is InChI=1S/C19H31N7O2/c1(5-24-6-10-27-11-7-24)4-20-16-3-2-15-14-26-18(21-17(15)16)22-19(23-26)25-8-12-28-13-9-25/h15-16,20H,1-14H2. The fraction of sp³-hybridized carbons (Fsp3) is 0.842. The van der Waals surface area contributed by atoms with E-state index in [9.17, 15) is 0 Å². The third-order valence-corrected chi connectivity index (χ3v) is 6.28. The van der Waals surface area contributed by atoms with Gasteiger partial charge in [-0.15, -0.1) is 5.10 Å². The highest BCUT2D eigenvalue weighted by molar-refractivity contribution is 5.95. The zero-order valence-corrected chi connectivity index (χ0v) is 16.6. The lowest BCUT2D eigenvalue weighted by atomic mass is 10.0. The maximum absolute atomic E-state index is 5.43. The highest BCUT2D eigenvalue weighted by Gasteiger charge is 2.36. The number of anilines is 1. The molecule has 5 rings (SSSR count). The van der Waals surface area contributed by atoms with Gasteiger partial charge in [-0.25, -0.2) is 9.67 Å². The van der Waals surface area contributed by atoms with Crippen molar-refractivity contribution in [2.24, 2.45) is 10.9 Å². The van der Waals surface area contributed by atoms with Crippen LogP contribution in [0.4, 0.5) is 11.9 Å². The maximum atomic E-state index is 5.43. The smallest absolute Gasteiger partial charge is 0.249 e. The summed E-state index contributed by atoms with van der Waals surface area (Å²) in [6.07, 6.45) is 3.53. The molecule has 0 bridgehead atoms. The van der Waals surface area contributed by atoms with E-state index in [1.165, 1.54) is 25.0 Å². The van der Waals surface area contributed by atoms with Crippen molar-refractivity contribution in [2.75, 3.05) is 70.6 Å². The van der Waals surface area contributed by atoms with E-state index >= 15 is 0 Å². The van der Waals surface area contributed by atoms with Gasteiger partial charge in [-0.05, 0) is 32.4 Å². The number of hydrogen-bond donors (Lipinski definition) is 1. The molecule has 1 aliphatic carbocycles. The molecule has 0 amide bonds. The zero-order valence-electron chi connectivity index (χ0n) is 16.6. The molecule has 1 aromatic rings. The van der Waals surface area contributed by atoms with Gasteiger partial charge < -0.3 is 19.7 Å². The largest absolute Gasteiger partial charge is 0.379 e. The highest BCUT2D eigenvalue weighted by atomic mass is 16.5. The van der Waals surface area contributed by atoms with E-state index in [-0.39, 0.29) is 0 Å². The number of ether oxygens (including phenoxy) is 2. The van der Waals surface area contributed by atoms with Gasteiger partial charge in [0.05, 0.1) is 33.0 Å². The minimum atomic E-state index is 0.395. The predicted octanol–water partition coefficient (Wildman–Crippen LogP) is 0.291. The molecule has 3 aliphatic heterocycles. The normalized spacial score (nSPS) is 28.1. The molecule has 0 aromatic carbocycles. The SMILES string of the molecule is C(CNC1CCC2Cn3nc(N4CCOCC4)nc3N=C21)CN1CCOCC1. The molecule has 3 fully saturated rings. The molecule has 4 aliphatic rings. The van der Waals surface area contributed by atoms with Gasteiger partial charge >= 0.3 is 0 Å². The van der Waals surface area contributed by atoms with Crippen molar-refractivity contribution in [1.29, 1.82) is 0 Å². The molecule has 1 aromatic heterocycles. The number of rotatable bonds is 6. The van der Waals surface area contributed by atoms with Crippen LogP contribution in [0.3, 0.4) is 0 Å². The average Bonchev–Trinajstić information content (AvgIpc) is 3.34. The third kappa shape index (κ3) is 3.94. The van der Waals surface area contributed by atoms with Crippen LogP contribution in [0, 0.1) is 5.92 Å². The Balaban J connectivity index is 1.17. The van der Waals surface area contributed by atoms with Gasteiger partial charge in [0.25, 0.3) is 0 Å². The van der Waals surface area contributed by atoms with Gasteiger partial charge in [-0.2, -0.15) is 4.98 Å². The monoisotopic (exact) mass is 389 g/mol. The summed E-state index contributed by atoms with van der Waals surface area (Å²) in [5.74, 6) is 2.08. The summed E-state index contributed by atoms with van der Waals surface area (Å²) in [5.41, 5.74) is 1.29. The summed E-state index contributed by atoms with van der Waals surface area (Å²) in [4.78, 5) is 14.3. The van der Waals surface area contributed by atoms with E-state index in [4.69, 9.17) is 24.5 Å². The quantitative estimate of drug-likeness (QED) is 0.701. The van der Waals surface area contributed by atoms with Crippen molar-refractivity contribution in [3.63, 3.8) is 0 Å². The lowest BCUT2D eigenvalue weighted by Gasteiger charge is -2.27. The number of nitrogens with one attached hydrogen (secondary N) is 1. The molecule has 1 N–H and O–H groups in total. The molecule has 9 heteroatoms. The van der Waals surface area contributed by atoms with E-state index in [1.807, 2.05) is 4.68 Å². The van der Waals surface area contributed by atoms with Crippen molar-refractivity contribution in [1.82, 2.24) is 25.0 Å². The Morgan fingerprint density at radius 2 is 1.79 bits per heavy atom. The lowest BCUT2D eigenvalue weighted by molar-refractivity contribution is 0.0374. The second-order valence-corrected chi connectivity index (χ2v) is 8.12. The van der Waals surface area contributed by atoms with Crippen LogP contribution in [0.5, 0.6) is 0 Å². The number of aliphatic imine (C=N–C) groups is 1. The lowest BCUT2D eigenvalue weighted by Crippen LogP contribution is -2.40. The van der Waals surface area contributed by atoms with E-state index in [0.29, 0.717) is 12.0 Å². The number of fused-ring (bicyclic) bond motifs is 2. The van der Waals surface area contributed by atoms with Crippen LogP contribution in [0.1, 0.15) is 19.3 Å². The molecule has 1 saturated carbocycles. The summed E-state index contributed by atoms with van der Waals surface area (Å²) in [6.45, 7) is 10.2. The number of hydrogen-bond acceptors (Lipinski definition) is 8. The Morgan fingerprint density at radius 3 is 2.61 bits per heavy atom. The van der Waals surface area contributed by atoms with Gasteiger partial charge in [0.1, 0.15) is 0 Å². The van der Waals surface area contributed by atoms with Crippen LogP contribution < -0.4 is 10.2 Å². The molecular weight excluding hydrogens is 358 g/mol. The fourth-order valence-corrected chi connectivity index (χ4v) is 4.66. The van der Waals surface area contributed by atoms with Gasteiger partial charge in [-0.1, -0.05) is 0 Å². The first kappa shape index (κ1) is 18.5. The fourth-order valence-electron chi connectivity index (χ4n) is 4.66. The third-order valence-electron chi connectivity index (χ3n) is 6.28. The van der Waals surface area contributed by atoms with Crippen molar-refractivity contribution in [3.8, 4) is 0 Å². The van der Waals surface area contributed by atoms with Crippen LogP contribution in [-0.4, -0.2) is 97.1 Å². The van der Waals surface area contributed by atoms with E-state index in [1.54, 1.807) is 0 Å². The second kappa shape index (κ2) is 8.44. The Kier molecular flexibility index (Phi) is 5.57. The number of aromatic nitrogens is 3. The summed E-state index contributed by atoms with van der Waals surface area (Å²) < 4.78 is 12.9. The minimum Gasteiger partial charge on any atom is -0.379 e. The molecule has 4 heterocycles. The van der Waals surface area contributed by atoms with E-state index in [0.717, 1.165) is 84.1 Å². The van der Waals surface area contributed by atoms with Gasteiger partial charge in [0.2, 0.25) is 11.9 Å². The molecule has 154 valence electrons. The van der Waals surface area contributed by atoms with Crippen molar-refractivity contribution in [2.45, 2.75) is 31.8 Å². The molecule has 28 heavy (non-hydrogen) atoms. The topological polar surface area (TPSA) is 80.0 Å². The first-order chi connectivity index (χ1) is 13.9. The van der Waals surface area contributed by atoms with Crippen LogP contribution in [0.2, 0.25) is 0 Å². The van der Waals surface area contributed by atoms with E-state index in [2.05, 4.69) is 15.1 Å². The first-order valence-electron chi connectivity index (χ1n) is 10.8. The molecule has 0 spiro atoms. The van der Waals surface area contributed by atoms with Gasteiger partial charge in [-0.3, -0.25) is 4.90 Å². The number of morpholine rings is 2. The maximum Gasteiger partial charge on any atom is 0.249 e. The molecule has 2 unspecified atom stereocenters. The van der Waals surface area contributed by atoms with Gasteiger partial charge in [0, 0.05) is 43.9 Å². The van der Waals surface area contributed by atoms with Crippen LogP contribution in [0.25, 0.3) is 0 Å². The second-order valence-electron chi connectivity index (χ2n) is 8.12. The Labute approximate surface area is 166 Å². The summed E-state index contributed by atoms with van der Waals surface area (Å²) in [5, 5.41) is 8.47. The van der Waals surface area contributed by atoms with E-state index < -0.39 is 0 Å². The van der Waals surface area contributed by atoms with Crippen LogP contribution >= 0.6 is 0 Å². The molecule has 0 radical (unpaired) electrons. The summed E-state index contributed by atoms with van der Waals surface area (Å²) in [6, 6.07) is 0.395. The first-order valence-corrected chi connectivity index (χ1v) is 10.8. The van der Waals surface area contributed by atoms with Crippen LogP contribution in [0.15, 0.2) is 4.99 Å². The van der Waals surface area contributed by atoms with Crippen molar-refractivity contribution < 1.29 is 9.47 Å². The highest BCUT2D eigenvalue weighted by Crippen LogP contribution is 2.32. The Bertz CT molecular complexity index is 694.